The Labute approximate surface area is 128 Å². The molecular weight excluding hydrogens is 278 g/mol. The van der Waals surface area contributed by atoms with Crippen LogP contribution in [0.1, 0.15) is 24.6 Å². The van der Waals surface area contributed by atoms with Crippen molar-refractivity contribution >= 4 is 22.9 Å². The molecule has 0 radical (unpaired) electrons. The maximum atomic E-state index is 5.27. The number of nitrogens with zero attached hydrogens (tertiary/aromatic N) is 2. The van der Waals surface area contributed by atoms with E-state index >= 15 is 0 Å². The molecule has 1 aromatic heterocycles. The van der Waals surface area contributed by atoms with E-state index in [1.165, 1.54) is 24.8 Å². The maximum Gasteiger partial charge on any atom is 0.132 e. The van der Waals surface area contributed by atoms with Crippen LogP contribution in [0.25, 0.3) is 10.9 Å². The predicted molar refractivity (Wildman–Crippen MR) is 88.0 cm³/mol. The monoisotopic (exact) mass is 295 g/mol. The summed E-state index contributed by atoms with van der Waals surface area (Å²) < 4.78 is 0. The largest absolute Gasteiger partial charge is 0.274 e. The number of fused-ring (bicyclic) bond motifs is 1. The summed E-state index contributed by atoms with van der Waals surface area (Å²) in [5.41, 5.74) is 1.07. The van der Waals surface area contributed by atoms with Crippen LogP contribution in [-0.2, 0) is 0 Å². The first-order chi connectivity index (χ1) is 10.4. The number of nitrogens with two attached hydrogens (primary N) is 1. The van der Waals surface area contributed by atoms with Crippen molar-refractivity contribution in [1.82, 2.24) is 9.97 Å². The SMILES string of the molecule is NSc1ccccc1.c1ccc2nc(C3CC3)ncc2c1. The minimum Gasteiger partial charge on any atom is -0.274 e. The molecule has 0 amide bonds. The Morgan fingerprint density at radius 2 is 1.67 bits per heavy atom. The second kappa shape index (κ2) is 6.70. The van der Waals surface area contributed by atoms with Crippen molar-refractivity contribution < 1.29 is 0 Å². The van der Waals surface area contributed by atoms with Crippen LogP contribution in [0.2, 0.25) is 0 Å². The van der Waals surface area contributed by atoms with Crippen molar-refractivity contribution in [3.63, 3.8) is 0 Å². The van der Waals surface area contributed by atoms with E-state index in [1.807, 2.05) is 60.8 Å². The lowest BCUT2D eigenvalue weighted by molar-refractivity contribution is 0.948. The third-order valence-electron chi connectivity index (χ3n) is 3.33. The zero-order valence-corrected chi connectivity index (χ0v) is 12.5. The average molecular weight is 295 g/mol. The third-order valence-corrected chi connectivity index (χ3v) is 3.87. The van der Waals surface area contributed by atoms with Gasteiger partial charge in [0.2, 0.25) is 0 Å². The van der Waals surface area contributed by atoms with Crippen LogP contribution in [0.3, 0.4) is 0 Å². The zero-order valence-electron chi connectivity index (χ0n) is 11.6. The molecule has 1 aliphatic rings. The van der Waals surface area contributed by atoms with E-state index in [9.17, 15) is 0 Å². The Bertz CT molecular complexity index is 711. The summed E-state index contributed by atoms with van der Waals surface area (Å²) in [7, 11) is 0. The van der Waals surface area contributed by atoms with Gasteiger partial charge < -0.3 is 0 Å². The maximum absolute atomic E-state index is 5.27. The highest BCUT2D eigenvalue weighted by Gasteiger charge is 2.26. The van der Waals surface area contributed by atoms with Gasteiger partial charge in [-0.05, 0) is 43.0 Å². The standard InChI is InChI=1S/C11H10N2.C6H7NS/c1-2-4-10-9(3-1)7-12-11(13-10)8-5-6-8;7-8-6-4-2-1-3-5-6/h1-4,7-8H,5-6H2;1-5H,7H2. The molecule has 0 spiro atoms. The molecule has 0 bridgehead atoms. The number of aromatic nitrogens is 2. The van der Waals surface area contributed by atoms with Gasteiger partial charge >= 0.3 is 0 Å². The molecule has 4 rings (SSSR count). The lowest BCUT2D eigenvalue weighted by Gasteiger charge is -1.98. The normalized spacial score (nSPS) is 13.6. The molecular formula is C17H17N3S. The van der Waals surface area contributed by atoms with Crippen LogP contribution in [-0.4, -0.2) is 9.97 Å². The topological polar surface area (TPSA) is 51.8 Å². The van der Waals surface area contributed by atoms with Crippen molar-refractivity contribution in [2.45, 2.75) is 23.7 Å². The fraction of sp³-hybridized carbons (Fsp3) is 0.176. The Morgan fingerprint density at radius 3 is 2.33 bits per heavy atom. The van der Waals surface area contributed by atoms with Gasteiger partial charge in [0.1, 0.15) is 5.82 Å². The van der Waals surface area contributed by atoms with Crippen LogP contribution in [0.4, 0.5) is 0 Å². The first-order valence-corrected chi connectivity index (χ1v) is 7.88. The number of hydrogen-bond donors (Lipinski definition) is 1. The van der Waals surface area contributed by atoms with Gasteiger partial charge in [0, 0.05) is 22.4 Å². The number of hydrogen-bond acceptors (Lipinski definition) is 4. The summed E-state index contributed by atoms with van der Waals surface area (Å²) in [5, 5.41) is 6.40. The zero-order chi connectivity index (χ0) is 14.5. The molecule has 0 aliphatic heterocycles. The Kier molecular flexibility index (Phi) is 4.48. The van der Waals surface area contributed by atoms with Gasteiger partial charge in [-0.3, -0.25) is 5.14 Å². The predicted octanol–water partition coefficient (Wildman–Crippen LogP) is 4.16. The minimum absolute atomic E-state index is 0.643. The summed E-state index contributed by atoms with van der Waals surface area (Å²) in [6.07, 6.45) is 4.45. The van der Waals surface area contributed by atoms with Gasteiger partial charge in [0.15, 0.2) is 0 Å². The van der Waals surface area contributed by atoms with Crippen molar-refractivity contribution in [2.75, 3.05) is 0 Å². The van der Waals surface area contributed by atoms with Crippen LogP contribution >= 0.6 is 11.9 Å². The minimum atomic E-state index is 0.643. The fourth-order valence-corrected chi connectivity index (χ4v) is 2.34. The number of para-hydroxylation sites is 1. The van der Waals surface area contributed by atoms with Crippen molar-refractivity contribution in [2.24, 2.45) is 5.14 Å². The van der Waals surface area contributed by atoms with Crippen LogP contribution in [0, 0.1) is 0 Å². The molecule has 1 fully saturated rings. The molecule has 106 valence electrons. The van der Waals surface area contributed by atoms with Gasteiger partial charge in [-0.25, -0.2) is 9.97 Å². The van der Waals surface area contributed by atoms with Gasteiger partial charge in [0.25, 0.3) is 0 Å². The summed E-state index contributed by atoms with van der Waals surface area (Å²) in [4.78, 5) is 9.99. The second-order valence-corrected chi connectivity index (χ2v) is 5.70. The quantitative estimate of drug-likeness (QED) is 0.721. The van der Waals surface area contributed by atoms with Crippen molar-refractivity contribution in [3.8, 4) is 0 Å². The van der Waals surface area contributed by atoms with Gasteiger partial charge in [-0.2, -0.15) is 0 Å². The molecule has 4 heteroatoms. The molecule has 3 nitrogen and oxygen atoms in total. The highest BCUT2D eigenvalue weighted by Crippen LogP contribution is 2.38. The first kappa shape index (κ1) is 14.0. The Hall–Kier alpha value is -1.91. The molecule has 21 heavy (non-hydrogen) atoms. The smallest absolute Gasteiger partial charge is 0.132 e. The second-order valence-electron chi connectivity index (χ2n) is 4.99. The van der Waals surface area contributed by atoms with Crippen LogP contribution in [0.15, 0.2) is 65.7 Å². The summed E-state index contributed by atoms with van der Waals surface area (Å²) >= 11 is 1.27. The number of benzene rings is 2. The molecule has 1 saturated carbocycles. The molecule has 2 N–H and O–H groups in total. The summed E-state index contributed by atoms with van der Waals surface area (Å²) in [5.74, 6) is 1.67. The molecule has 2 aromatic carbocycles. The fourth-order valence-electron chi connectivity index (χ4n) is 2.02. The van der Waals surface area contributed by atoms with E-state index < -0.39 is 0 Å². The molecule has 1 heterocycles. The van der Waals surface area contributed by atoms with Gasteiger partial charge in [-0.15, -0.1) is 0 Å². The highest BCUT2D eigenvalue weighted by molar-refractivity contribution is 7.97. The Morgan fingerprint density at radius 1 is 0.952 bits per heavy atom. The number of rotatable bonds is 2. The molecule has 0 saturated heterocycles. The van der Waals surface area contributed by atoms with Gasteiger partial charge in [0.05, 0.1) is 5.52 Å². The van der Waals surface area contributed by atoms with Crippen molar-refractivity contribution in [3.05, 3.63) is 66.6 Å². The van der Waals surface area contributed by atoms with Crippen LogP contribution in [0.5, 0.6) is 0 Å². The molecule has 0 atom stereocenters. The van der Waals surface area contributed by atoms with Crippen molar-refractivity contribution in [1.29, 1.82) is 0 Å². The Balaban J connectivity index is 0.000000143. The van der Waals surface area contributed by atoms with E-state index in [0.29, 0.717) is 5.92 Å². The van der Waals surface area contributed by atoms with E-state index in [-0.39, 0.29) is 0 Å². The van der Waals surface area contributed by atoms with E-state index in [2.05, 4.69) is 9.97 Å². The van der Waals surface area contributed by atoms with Crippen LogP contribution < -0.4 is 5.14 Å². The highest BCUT2D eigenvalue weighted by atomic mass is 32.2. The summed E-state index contributed by atoms with van der Waals surface area (Å²) in [6.45, 7) is 0. The van der Waals surface area contributed by atoms with Gasteiger partial charge in [-0.1, -0.05) is 36.4 Å². The molecule has 1 aliphatic carbocycles. The van der Waals surface area contributed by atoms with E-state index in [4.69, 9.17) is 5.14 Å². The lowest BCUT2D eigenvalue weighted by atomic mass is 10.2. The van der Waals surface area contributed by atoms with E-state index in [0.717, 1.165) is 21.6 Å². The summed E-state index contributed by atoms with van der Waals surface area (Å²) in [6, 6.07) is 18.0. The lowest BCUT2D eigenvalue weighted by Crippen LogP contribution is -1.91. The molecule has 0 unspecified atom stereocenters. The third kappa shape index (κ3) is 3.80. The van der Waals surface area contributed by atoms with E-state index in [1.54, 1.807) is 0 Å². The molecule has 3 aromatic rings. The average Bonchev–Trinajstić information content (AvgIpc) is 3.41. The first-order valence-electron chi connectivity index (χ1n) is 7.00.